The molecule has 21 heavy (non-hydrogen) atoms. The number of nitrogens with one attached hydrogen (secondary N) is 1. The molecule has 7 heteroatoms. The van der Waals surface area contributed by atoms with E-state index in [0.717, 1.165) is 5.56 Å². The molecule has 0 saturated carbocycles. The smallest absolute Gasteiger partial charge is 0.255 e. The summed E-state index contributed by atoms with van der Waals surface area (Å²) < 4.78 is 0. The van der Waals surface area contributed by atoms with Gasteiger partial charge in [0.25, 0.3) is 5.91 Å². The summed E-state index contributed by atoms with van der Waals surface area (Å²) in [6.45, 7) is 1.81. The number of carbonyl (C=O) groups is 1. The Labute approximate surface area is 141 Å². The minimum absolute atomic E-state index is 0.197. The number of nitrogens with two attached hydrogens (primary N) is 1. The van der Waals surface area contributed by atoms with Crippen LogP contribution in [0.5, 0.6) is 0 Å². The summed E-state index contributed by atoms with van der Waals surface area (Å²) in [5.74, 6) is -0.435. The maximum absolute atomic E-state index is 12.3. The van der Waals surface area contributed by atoms with Gasteiger partial charge in [0.2, 0.25) is 0 Å². The van der Waals surface area contributed by atoms with Crippen molar-refractivity contribution in [2.75, 3.05) is 11.1 Å². The Bertz CT molecular complexity index is 708. The Morgan fingerprint density at radius 2 is 1.71 bits per heavy atom. The van der Waals surface area contributed by atoms with Crippen molar-refractivity contribution in [2.45, 2.75) is 6.92 Å². The van der Waals surface area contributed by atoms with Crippen molar-refractivity contribution in [1.29, 1.82) is 0 Å². The highest BCUT2D eigenvalue weighted by molar-refractivity contribution is 6.44. The second-order valence-electron chi connectivity index (χ2n) is 4.37. The molecular weight excluding hydrogens is 354 g/mol. The van der Waals surface area contributed by atoms with Gasteiger partial charge in [0.15, 0.2) is 0 Å². The summed E-state index contributed by atoms with van der Waals surface area (Å²) in [6.07, 6.45) is 0. The van der Waals surface area contributed by atoms with E-state index >= 15 is 0 Å². The first-order valence-corrected chi connectivity index (χ1v) is 7.33. The molecule has 0 fully saturated rings. The fourth-order valence-corrected chi connectivity index (χ4v) is 2.50. The molecule has 0 aliphatic carbocycles. The van der Waals surface area contributed by atoms with Crippen molar-refractivity contribution in [3.05, 3.63) is 55.5 Å². The lowest BCUT2D eigenvalue weighted by molar-refractivity contribution is 0.102. The van der Waals surface area contributed by atoms with Crippen LogP contribution in [0, 0.1) is 6.92 Å². The molecule has 0 heterocycles. The van der Waals surface area contributed by atoms with Crippen molar-refractivity contribution in [2.24, 2.45) is 0 Å². The number of amides is 1. The van der Waals surface area contributed by atoms with Crippen LogP contribution in [0.25, 0.3) is 0 Å². The van der Waals surface area contributed by atoms with E-state index in [-0.39, 0.29) is 21.3 Å². The first-order valence-electron chi connectivity index (χ1n) is 5.81. The molecule has 0 aliphatic heterocycles. The van der Waals surface area contributed by atoms with E-state index in [9.17, 15) is 4.79 Å². The highest BCUT2D eigenvalue weighted by atomic mass is 35.5. The Balaban J connectivity index is 2.37. The first kappa shape index (κ1) is 16.2. The Morgan fingerprint density at radius 3 is 2.33 bits per heavy atom. The van der Waals surface area contributed by atoms with Gasteiger partial charge in [-0.1, -0.05) is 52.5 Å². The third-order valence-corrected chi connectivity index (χ3v) is 4.46. The number of aryl methyl sites for hydroxylation is 1. The second kappa shape index (κ2) is 6.32. The van der Waals surface area contributed by atoms with Crippen LogP contribution in [0.1, 0.15) is 15.9 Å². The van der Waals surface area contributed by atoms with Gasteiger partial charge in [-0.3, -0.25) is 4.79 Å². The van der Waals surface area contributed by atoms with Crippen LogP contribution in [0.3, 0.4) is 0 Å². The summed E-state index contributed by atoms with van der Waals surface area (Å²) in [5, 5.41) is 3.77. The average Bonchev–Trinajstić information content (AvgIpc) is 2.44. The van der Waals surface area contributed by atoms with Crippen LogP contribution >= 0.6 is 46.4 Å². The SMILES string of the molecule is Cc1ccc(Cl)c(NC(=O)c2cc(N)c(Cl)c(Cl)c2)c1Cl. The average molecular weight is 364 g/mol. The molecule has 0 atom stereocenters. The standard InChI is InChI=1S/C14H10Cl4N2O/c1-6-2-3-8(15)13(11(6)17)20-14(21)7-4-9(16)12(18)10(19)5-7/h2-5H,19H2,1H3,(H,20,21). The quantitative estimate of drug-likeness (QED) is 0.697. The normalized spacial score (nSPS) is 10.5. The van der Waals surface area contributed by atoms with Crippen molar-refractivity contribution in [3.63, 3.8) is 0 Å². The van der Waals surface area contributed by atoms with Crippen LogP contribution < -0.4 is 11.1 Å². The fourth-order valence-electron chi connectivity index (χ4n) is 1.70. The topological polar surface area (TPSA) is 55.1 Å². The predicted octanol–water partition coefficient (Wildman–Crippen LogP) is 5.44. The van der Waals surface area contributed by atoms with Gasteiger partial charge in [-0.25, -0.2) is 0 Å². The summed E-state index contributed by atoms with van der Waals surface area (Å²) in [6, 6.07) is 6.27. The van der Waals surface area contributed by atoms with Gasteiger partial charge in [-0.15, -0.1) is 0 Å². The molecule has 0 saturated heterocycles. The van der Waals surface area contributed by atoms with Gasteiger partial charge in [-0.05, 0) is 30.7 Å². The Hall–Kier alpha value is -1.13. The van der Waals surface area contributed by atoms with Crippen LogP contribution in [0.4, 0.5) is 11.4 Å². The van der Waals surface area contributed by atoms with Gasteiger partial charge >= 0.3 is 0 Å². The minimum Gasteiger partial charge on any atom is -0.397 e. The van der Waals surface area contributed by atoms with Gasteiger partial charge in [0.05, 0.1) is 31.5 Å². The molecule has 1 amide bonds. The fraction of sp³-hybridized carbons (Fsp3) is 0.0714. The van der Waals surface area contributed by atoms with E-state index in [0.29, 0.717) is 15.7 Å². The van der Waals surface area contributed by atoms with Crippen LogP contribution in [0.2, 0.25) is 20.1 Å². The van der Waals surface area contributed by atoms with Gasteiger partial charge in [0.1, 0.15) is 0 Å². The van der Waals surface area contributed by atoms with E-state index in [4.69, 9.17) is 52.1 Å². The highest BCUT2D eigenvalue weighted by Gasteiger charge is 2.15. The lowest BCUT2D eigenvalue weighted by Crippen LogP contribution is -2.13. The molecule has 0 bridgehead atoms. The lowest BCUT2D eigenvalue weighted by atomic mass is 10.1. The third-order valence-electron chi connectivity index (χ3n) is 2.84. The molecule has 2 aromatic carbocycles. The van der Waals surface area contributed by atoms with E-state index in [2.05, 4.69) is 5.32 Å². The number of rotatable bonds is 2. The Kier molecular flexibility index (Phi) is 4.89. The van der Waals surface area contributed by atoms with Gasteiger partial charge < -0.3 is 11.1 Å². The first-order chi connectivity index (χ1) is 9.81. The molecular formula is C14H10Cl4N2O. The maximum Gasteiger partial charge on any atom is 0.255 e. The Morgan fingerprint density at radius 1 is 1.05 bits per heavy atom. The highest BCUT2D eigenvalue weighted by Crippen LogP contribution is 2.34. The van der Waals surface area contributed by atoms with Gasteiger partial charge in [-0.2, -0.15) is 0 Å². The molecule has 3 N–H and O–H groups in total. The van der Waals surface area contributed by atoms with Crippen molar-refractivity contribution < 1.29 is 4.79 Å². The van der Waals surface area contributed by atoms with E-state index in [1.54, 1.807) is 12.1 Å². The summed E-state index contributed by atoms with van der Waals surface area (Å²) in [5.41, 5.74) is 7.30. The van der Waals surface area contributed by atoms with Crippen molar-refractivity contribution in [3.8, 4) is 0 Å². The number of hydrogen-bond donors (Lipinski definition) is 2. The second-order valence-corrected chi connectivity index (χ2v) is 5.94. The van der Waals surface area contributed by atoms with Gasteiger partial charge in [0, 0.05) is 5.56 Å². The molecule has 2 aromatic rings. The largest absolute Gasteiger partial charge is 0.397 e. The third kappa shape index (κ3) is 3.38. The van der Waals surface area contributed by atoms with Crippen LogP contribution in [0.15, 0.2) is 24.3 Å². The molecule has 0 unspecified atom stereocenters. The summed E-state index contributed by atoms with van der Waals surface area (Å²) in [7, 11) is 0. The molecule has 3 nitrogen and oxygen atoms in total. The summed E-state index contributed by atoms with van der Waals surface area (Å²) in [4.78, 5) is 12.3. The van der Waals surface area contributed by atoms with E-state index < -0.39 is 5.91 Å². The number of nitrogen functional groups attached to an aromatic ring is 1. The molecule has 110 valence electrons. The lowest BCUT2D eigenvalue weighted by Gasteiger charge is -2.12. The minimum atomic E-state index is -0.435. The number of benzene rings is 2. The molecule has 0 aromatic heterocycles. The predicted molar refractivity (Wildman–Crippen MR) is 90.0 cm³/mol. The number of hydrogen-bond acceptors (Lipinski definition) is 2. The van der Waals surface area contributed by atoms with E-state index in [1.165, 1.54) is 12.1 Å². The molecule has 0 spiro atoms. The van der Waals surface area contributed by atoms with Crippen LogP contribution in [-0.4, -0.2) is 5.91 Å². The summed E-state index contributed by atoms with van der Waals surface area (Å²) >= 11 is 24.0. The van der Waals surface area contributed by atoms with E-state index in [1.807, 2.05) is 6.92 Å². The zero-order chi connectivity index (χ0) is 15.7. The zero-order valence-corrected chi connectivity index (χ0v) is 13.8. The molecule has 0 aliphatic rings. The zero-order valence-electron chi connectivity index (χ0n) is 10.8. The maximum atomic E-state index is 12.3. The molecule has 0 radical (unpaired) electrons. The van der Waals surface area contributed by atoms with Crippen molar-refractivity contribution in [1.82, 2.24) is 0 Å². The molecule has 2 rings (SSSR count). The number of carbonyl (C=O) groups excluding carboxylic acids is 1. The van der Waals surface area contributed by atoms with Crippen LogP contribution in [-0.2, 0) is 0 Å². The van der Waals surface area contributed by atoms with Crippen molar-refractivity contribution >= 4 is 63.7 Å². The monoisotopic (exact) mass is 362 g/mol. The number of halogens is 4. The number of anilines is 2.